The monoisotopic (exact) mass is 261 g/mol. The maximum Gasteiger partial charge on any atom is 0.176 e. The second kappa shape index (κ2) is 4.74. The zero-order chi connectivity index (χ0) is 9.84. The first-order valence-electron chi connectivity index (χ1n) is 3.77. The van der Waals surface area contributed by atoms with Crippen LogP contribution in [-0.2, 0) is 0 Å². The van der Waals surface area contributed by atoms with Gasteiger partial charge in [-0.15, -0.1) is 0 Å². The predicted molar refractivity (Wildman–Crippen MR) is 57.4 cm³/mol. The number of carbonyl (C=O) groups excluding carboxylic acids is 1. The molecule has 1 rings (SSSR count). The topological polar surface area (TPSA) is 29.1 Å². The third-order valence-corrected chi connectivity index (χ3v) is 2.20. The Hall–Kier alpha value is -0.380. The van der Waals surface area contributed by atoms with Gasteiger partial charge in [-0.2, -0.15) is 0 Å². The molecule has 1 aromatic carbocycles. The third-order valence-electron chi connectivity index (χ3n) is 1.52. The van der Waals surface area contributed by atoms with Crippen molar-refractivity contribution in [2.75, 3.05) is 13.6 Å². The largest absolute Gasteiger partial charge is 0.313 e. The number of carbonyl (C=O) groups is 1. The van der Waals surface area contributed by atoms with Crippen LogP contribution in [0.4, 0.5) is 0 Å². The zero-order valence-corrected chi connectivity index (χ0v) is 9.45. The smallest absolute Gasteiger partial charge is 0.176 e. The molecule has 0 aliphatic heterocycles. The molecular weight excluding hydrogens is 253 g/mol. The molecule has 13 heavy (non-hydrogen) atoms. The normalized spacial score (nSPS) is 10.1. The lowest BCUT2D eigenvalue weighted by atomic mass is 10.1. The Bertz CT molecular complexity index is 307. The Balaban J connectivity index is 2.94. The number of hydrogen-bond donors (Lipinski definition) is 1. The van der Waals surface area contributed by atoms with Gasteiger partial charge in [0, 0.05) is 15.1 Å². The van der Waals surface area contributed by atoms with E-state index < -0.39 is 0 Å². The van der Waals surface area contributed by atoms with Gasteiger partial charge in [0.15, 0.2) is 5.78 Å². The van der Waals surface area contributed by atoms with Crippen LogP contribution < -0.4 is 5.32 Å². The van der Waals surface area contributed by atoms with Crippen LogP contribution in [0.5, 0.6) is 0 Å². The number of halogens is 2. The number of likely N-dealkylation sites (N-methyl/N-ethyl adjacent to an activating group) is 1. The quantitative estimate of drug-likeness (QED) is 0.848. The van der Waals surface area contributed by atoms with Crippen LogP contribution in [0.1, 0.15) is 10.4 Å². The van der Waals surface area contributed by atoms with E-state index in [1.807, 2.05) is 0 Å². The van der Waals surface area contributed by atoms with E-state index in [1.54, 1.807) is 25.2 Å². The summed E-state index contributed by atoms with van der Waals surface area (Å²) in [5, 5.41) is 3.36. The Labute approximate surface area is 90.4 Å². The van der Waals surface area contributed by atoms with Crippen molar-refractivity contribution >= 4 is 33.3 Å². The van der Waals surface area contributed by atoms with Crippen molar-refractivity contribution in [3.8, 4) is 0 Å². The standard InChI is InChI=1S/C9H9BrClNO/c1-12-5-9(13)6-2-7(10)4-8(11)3-6/h2-4,12H,5H2,1H3. The molecule has 0 saturated heterocycles. The molecule has 0 amide bonds. The minimum atomic E-state index is 0.0331. The number of ketones is 1. The molecule has 0 unspecified atom stereocenters. The Morgan fingerprint density at radius 1 is 1.54 bits per heavy atom. The molecular formula is C9H9BrClNO. The molecule has 0 aliphatic rings. The summed E-state index contributed by atoms with van der Waals surface area (Å²) in [6.07, 6.45) is 0. The first-order valence-corrected chi connectivity index (χ1v) is 4.94. The van der Waals surface area contributed by atoms with Crippen molar-refractivity contribution in [2.24, 2.45) is 0 Å². The van der Waals surface area contributed by atoms with Crippen molar-refractivity contribution in [1.29, 1.82) is 0 Å². The van der Waals surface area contributed by atoms with Gasteiger partial charge in [-0.1, -0.05) is 27.5 Å². The van der Waals surface area contributed by atoms with E-state index >= 15 is 0 Å². The van der Waals surface area contributed by atoms with Gasteiger partial charge in [-0.25, -0.2) is 0 Å². The van der Waals surface area contributed by atoms with E-state index in [9.17, 15) is 4.79 Å². The van der Waals surface area contributed by atoms with Crippen LogP contribution in [0.15, 0.2) is 22.7 Å². The highest BCUT2D eigenvalue weighted by Gasteiger charge is 2.05. The number of benzene rings is 1. The summed E-state index contributed by atoms with van der Waals surface area (Å²) in [6, 6.07) is 5.16. The van der Waals surface area contributed by atoms with Gasteiger partial charge in [0.2, 0.25) is 0 Å². The lowest BCUT2D eigenvalue weighted by molar-refractivity contribution is 0.0993. The lowest BCUT2D eigenvalue weighted by Crippen LogP contribution is -2.18. The van der Waals surface area contributed by atoms with Crippen LogP contribution in [0.25, 0.3) is 0 Å². The van der Waals surface area contributed by atoms with Crippen LogP contribution in [0, 0.1) is 0 Å². The summed E-state index contributed by atoms with van der Waals surface area (Å²) in [4.78, 5) is 11.4. The van der Waals surface area contributed by atoms with E-state index in [4.69, 9.17) is 11.6 Å². The second-order valence-electron chi connectivity index (χ2n) is 2.61. The summed E-state index contributed by atoms with van der Waals surface area (Å²) >= 11 is 9.07. The molecule has 1 aromatic rings. The SMILES string of the molecule is CNCC(=O)c1cc(Cl)cc(Br)c1. The highest BCUT2D eigenvalue weighted by Crippen LogP contribution is 2.19. The van der Waals surface area contributed by atoms with Crippen LogP contribution >= 0.6 is 27.5 Å². The Morgan fingerprint density at radius 2 is 2.23 bits per heavy atom. The number of Topliss-reactive ketones (excluding diaryl/α,β-unsaturated/α-hetero) is 1. The van der Waals surface area contributed by atoms with E-state index in [2.05, 4.69) is 21.2 Å². The molecule has 0 aromatic heterocycles. The van der Waals surface area contributed by atoms with Gasteiger partial charge in [-0.05, 0) is 25.2 Å². The Morgan fingerprint density at radius 3 is 2.77 bits per heavy atom. The first-order chi connectivity index (χ1) is 6.13. The number of nitrogens with one attached hydrogen (secondary N) is 1. The fourth-order valence-electron chi connectivity index (χ4n) is 0.977. The van der Waals surface area contributed by atoms with E-state index in [0.29, 0.717) is 17.1 Å². The average molecular weight is 263 g/mol. The second-order valence-corrected chi connectivity index (χ2v) is 3.96. The third kappa shape index (κ3) is 3.10. The van der Waals surface area contributed by atoms with Crippen molar-refractivity contribution in [1.82, 2.24) is 5.32 Å². The van der Waals surface area contributed by atoms with Crippen LogP contribution in [0.3, 0.4) is 0 Å². The maximum atomic E-state index is 11.4. The van der Waals surface area contributed by atoms with Gasteiger partial charge in [0.1, 0.15) is 0 Å². The van der Waals surface area contributed by atoms with Gasteiger partial charge >= 0.3 is 0 Å². The highest BCUT2D eigenvalue weighted by molar-refractivity contribution is 9.10. The molecule has 0 fully saturated rings. The molecule has 0 aliphatic carbocycles. The van der Waals surface area contributed by atoms with E-state index in [0.717, 1.165) is 4.47 Å². The van der Waals surface area contributed by atoms with Crippen molar-refractivity contribution in [2.45, 2.75) is 0 Å². The zero-order valence-electron chi connectivity index (χ0n) is 7.10. The fourth-order valence-corrected chi connectivity index (χ4v) is 1.84. The summed E-state index contributed by atoms with van der Waals surface area (Å²) in [6.45, 7) is 0.326. The highest BCUT2D eigenvalue weighted by atomic mass is 79.9. The summed E-state index contributed by atoms with van der Waals surface area (Å²) in [5.74, 6) is 0.0331. The minimum Gasteiger partial charge on any atom is -0.313 e. The molecule has 0 spiro atoms. The summed E-state index contributed by atoms with van der Waals surface area (Å²) in [5.41, 5.74) is 0.619. The summed E-state index contributed by atoms with van der Waals surface area (Å²) in [7, 11) is 1.73. The van der Waals surface area contributed by atoms with Crippen LogP contribution in [-0.4, -0.2) is 19.4 Å². The molecule has 2 nitrogen and oxygen atoms in total. The first kappa shape index (κ1) is 10.7. The van der Waals surface area contributed by atoms with Crippen molar-refractivity contribution in [3.05, 3.63) is 33.3 Å². The molecule has 70 valence electrons. The van der Waals surface area contributed by atoms with E-state index in [1.165, 1.54) is 0 Å². The molecule has 0 bridgehead atoms. The lowest BCUT2D eigenvalue weighted by Gasteiger charge is -2.01. The molecule has 0 radical (unpaired) electrons. The maximum absolute atomic E-state index is 11.4. The molecule has 4 heteroatoms. The summed E-state index contributed by atoms with van der Waals surface area (Å²) < 4.78 is 0.819. The molecule has 0 saturated carbocycles. The van der Waals surface area contributed by atoms with Gasteiger partial charge < -0.3 is 5.32 Å². The average Bonchev–Trinajstić information content (AvgIpc) is 2.03. The molecule has 0 heterocycles. The van der Waals surface area contributed by atoms with Gasteiger partial charge in [0.25, 0.3) is 0 Å². The van der Waals surface area contributed by atoms with Crippen molar-refractivity contribution in [3.63, 3.8) is 0 Å². The van der Waals surface area contributed by atoms with Crippen molar-refractivity contribution < 1.29 is 4.79 Å². The predicted octanol–water partition coefficient (Wildman–Crippen LogP) is 2.50. The fraction of sp³-hybridized carbons (Fsp3) is 0.222. The van der Waals surface area contributed by atoms with E-state index in [-0.39, 0.29) is 5.78 Å². The van der Waals surface area contributed by atoms with Gasteiger partial charge in [0.05, 0.1) is 6.54 Å². The number of hydrogen-bond acceptors (Lipinski definition) is 2. The number of rotatable bonds is 3. The minimum absolute atomic E-state index is 0.0331. The molecule has 1 N–H and O–H groups in total. The van der Waals surface area contributed by atoms with Crippen LogP contribution in [0.2, 0.25) is 5.02 Å². The van der Waals surface area contributed by atoms with Gasteiger partial charge in [-0.3, -0.25) is 4.79 Å². The molecule has 0 atom stereocenters. The Kier molecular flexibility index (Phi) is 3.90.